The van der Waals surface area contributed by atoms with Crippen molar-refractivity contribution >= 4 is 21.7 Å². The van der Waals surface area contributed by atoms with Gasteiger partial charge < -0.3 is 4.74 Å². The van der Waals surface area contributed by atoms with Crippen LogP contribution in [0.2, 0.25) is 0 Å². The Morgan fingerprint density at radius 2 is 1.72 bits per heavy atom. The van der Waals surface area contributed by atoms with E-state index in [-0.39, 0.29) is 17.1 Å². The van der Waals surface area contributed by atoms with Crippen molar-refractivity contribution in [3.63, 3.8) is 0 Å². The number of non-ortho nitro benzene ring substituents is 1. The number of nitro groups is 1. The molecular formula is C16H14N2O6S. The lowest BCUT2D eigenvalue weighted by atomic mass is 10.1. The van der Waals surface area contributed by atoms with Gasteiger partial charge in [0.1, 0.15) is 12.6 Å². The van der Waals surface area contributed by atoms with Gasteiger partial charge >= 0.3 is 5.97 Å². The number of benzene rings is 2. The standard InChI is InChI=1S/C16H14N2O6S/c19-16-11-17(10-15(24-16)12-4-2-1-3-5-12)25(22,23)14-8-6-13(7-9-14)18(20)21/h1-9,15H,10-11H2. The summed E-state index contributed by atoms with van der Waals surface area (Å²) in [6.45, 7) is -0.419. The van der Waals surface area contributed by atoms with Crippen LogP contribution in [0, 0.1) is 10.1 Å². The minimum Gasteiger partial charge on any atom is -0.455 e. The predicted octanol–water partition coefficient (Wildman–Crippen LogP) is 1.88. The van der Waals surface area contributed by atoms with E-state index in [1.165, 1.54) is 0 Å². The monoisotopic (exact) mass is 362 g/mol. The molecule has 0 radical (unpaired) electrons. The van der Waals surface area contributed by atoms with Gasteiger partial charge in [-0.15, -0.1) is 0 Å². The lowest BCUT2D eigenvalue weighted by Crippen LogP contribution is -2.44. The third-order valence-corrected chi connectivity index (χ3v) is 5.63. The van der Waals surface area contributed by atoms with Crippen LogP contribution in [-0.2, 0) is 19.6 Å². The SMILES string of the molecule is O=C1CN(S(=O)(=O)c2ccc([N+](=O)[O-])cc2)CC(c2ccccc2)O1. The number of esters is 1. The van der Waals surface area contributed by atoms with E-state index in [0.29, 0.717) is 5.56 Å². The summed E-state index contributed by atoms with van der Waals surface area (Å²) in [6, 6.07) is 13.4. The molecule has 1 aliphatic heterocycles. The molecule has 1 aliphatic rings. The maximum Gasteiger partial charge on any atom is 0.321 e. The summed E-state index contributed by atoms with van der Waals surface area (Å²) in [5.41, 5.74) is 0.485. The van der Waals surface area contributed by atoms with Gasteiger partial charge in [-0.2, -0.15) is 4.31 Å². The Hall–Kier alpha value is -2.78. The molecule has 0 aliphatic carbocycles. The van der Waals surface area contributed by atoms with Gasteiger partial charge in [0.2, 0.25) is 10.0 Å². The van der Waals surface area contributed by atoms with Gasteiger partial charge in [0.25, 0.3) is 5.69 Å². The van der Waals surface area contributed by atoms with Crippen molar-refractivity contribution in [2.24, 2.45) is 0 Å². The molecule has 3 rings (SSSR count). The van der Waals surface area contributed by atoms with Crippen LogP contribution in [0.1, 0.15) is 11.7 Å². The summed E-state index contributed by atoms with van der Waals surface area (Å²) >= 11 is 0. The topological polar surface area (TPSA) is 107 Å². The molecule has 1 heterocycles. The molecule has 2 aromatic rings. The zero-order valence-electron chi connectivity index (χ0n) is 12.9. The van der Waals surface area contributed by atoms with Gasteiger partial charge in [0, 0.05) is 12.1 Å². The van der Waals surface area contributed by atoms with Crippen molar-refractivity contribution in [2.45, 2.75) is 11.0 Å². The second kappa shape index (κ2) is 6.61. The molecule has 0 N–H and O–H groups in total. The Balaban J connectivity index is 1.88. The number of hydrogen-bond acceptors (Lipinski definition) is 6. The van der Waals surface area contributed by atoms with Gasteiger partial charge in [-0.25, -0.2) is 8.42 Å². The van der Waals surface area contributed by atoms with Crippen molar-refractivity contribution in [3.05, 3.63) is 70.3 Å². The molecule has 0 bridgehead atoms. The highest BCUT2D eigenvalue weighted by Gasteiger charge is 2.35. The third-order valence-electron chi connectivity index (χ3n) is 3.81. The smallest absolute Gasteiger partial charge is 0.321 e. The predicted molar refractivity (Wildman–Crippen MR) is 87.1 cm³/mol. The minimum atomic E-state index is -3.97. The largest absolute Gasteiger partial charge is 0.455 e. The Bertz CT molecular complexity index is 896. The number of carbonyl (C=O) groups excluding carboxylic acids is 1. The van der Waals surface area contributed by atoms with Crippen LogP contribution in [0.5, 0.6) is 0 Å². The second-order valence-electron chi connectivity index (χ2n) is 5.44. The molecule has 130 valence electrons. The van der Waals surface area contributed by atoms with Gasteiger partial charge in [-0.3, -0.25) is 14.9 Å². The fourth-order valence-corrected chi connectivity index (χ4v) is 3.93. The van der Waals surface area contributed by atoms with Crippen LogP contribution < -0.4 is 0 Å². The van der Waals surface area contributed by atoms with Crippen molar-refractivity contribution in [1.82, 2.24) is 4.31 Å². The first kappa shape index (κ1) is 17.1. The zero-order chi connectivity index (χ0) is 18.0. The van der Waals surface area contributed by atoms with Crippen molar-refractivity contribution in [3.8, 4) is 0 Å². The lowest BCUT2D eigenvalue weighted by Gasteiger charge is -2.31. The zero-order valence-corrected chi connectivity index (χ0v) is 13.8. The molecule has 25 heavy (non-hydrogen) atoms. The second-order valence-corrected chi connectivity index (χ2v) is 7.38. The number of nitro benzene ring substituents is 1. The Morgan fingerprint density at radius 1 is 1.08 bits per heavy atom. The molecule has 1 unspecified atom stereocenters. The molecule has 0 aromatic heterocycles. The molecule has 9 heteroatoms. The first-order chi connectivity index (χ1) is 11.9. The fraction of sp³-hybridized carbons (Fsp3) is 0.188. The first-order valence-electron chi connectivity index (χ1n) is 7.37. The van der Waals surface area contributed by atoms with Crippen molar-refractivity contribution < 1.29 is 22.9 Å². The highest BCUT2D eigenvalue weighted by Crippen LogP contribution is 2.27. The molecule has 2 aromatic carbocycles. The van der Waals surface area contributed by atoms with E-state index >= 15 is 0 Å². The van der Waals surface area contributed by atoms with Gasteiger partial charge in [-0.1, -0.05) is 30.3 Å². The van der Waals surface area contributed by atoms with E-state index in [2.05, 4.69) is 0 Å². The van der Waals surface area contributed by atoms with E-state index in [1.54, 1.807) is 30.3 Å². The van der Waals surface area contributed by atoms with Gasteiger partial charge in [-0.05, 0) is 17.7 Å². The third kappa shape index (κ3) is 3.52. The van der Waals surface area contributed by atoms with Gasteiger partial charge in [0.05, 0.1) is 16.4 Å². The number of morpholine rings is 1. The molecule has 1 atom stereocenters. The quantitative estimate of drug-likeness (QED) is 0.467. The van der Waals surface area contributed by atoms with Crippen LogP contribution in [0.3, 0.4) is 0 Å². The fourth-order valence-electron chi connectivity index (χ4n) is 2.54. The highest BCUT2D eigenvalue weighted by atomic mass is 32.2. The number of cyclic esters (lactones) is 1. The molecular weight excluding hydrogens is 348 g/mol. The Labute approximate surface area is 143 Å². The van der Waals surface area contributed by atoms with Gasteiger partial charge in [0.15, 0.2) is 0 Å². The van der Waals surface area contributed by atoms with Crippen LogP contribution in [0.15, 0.2) is 59.5 Å². The summed E-state index contributed by atoms with van der Waals surface area (Å²) in [7, 11) is -3.97. The van der Waals surface area contributed by atoms with Crippen molar-refractivity contribution in [1.29, 1.82) is 0 Å². The maximum absolute atomic E-state index is 12.7. The number of rotatable bonds is 4. The van der Waals surface area contributed by atoms with Crippen LogP contribution in [0.25, 0.3) is 0 Å². The number of ether oxygens (including phenoxy) is 1. The Morgan fingerprint density at radius 3 is 2.32 bits per heavy atom. The van der Waals surface area contributed by atoms with Crippen LogP contribution in [0.4, 0.5) is 5.69 Å². The Kier molecular flexibility index (Phi) is 4.51. The molecule has 0 saturated carbocycles. The van der Waals surface area contributed by atoms with Crippen molar-refractivity contribution in [2.75, 3.05) is 13.1 Å². The summed E-state index contributed by atoms with van der Waals surface area (Å²) in [4.78, 5) is 21.8. The summed E-state index contributed by atoms with van der Waals surface area (Å²) in [5.74, 6) is -0.648. The molecule has 0 amide bonds. The van der Waals surface area contributed by atoms with Crippen LogP contribution in [-0.4, -0.2) is 36.7 Å². The molecule has 1 fully saturated rings. The number of hydrogen-bond donors (Lipinski definition) is 0. The van der Waals surface area contributed by atoms with Crippen LogP contribution >= 0.6 is 0 Å². The van der Waals surface area contributed by atoms with E-state index < -0.39 is 33.6 Å². The number of nitrogens with zero attached hydrogens (tertiary/aromatic N) is 2. The van der Waals surface area contributed by atoms with E-state index in [0.717, 1.165) is 28.6 Å². The summed E-state index contributed by atoms with van der Waals surface area (Å²) in [6.07, 6.45) is -0.699. The summed E-state index contributed by atoms with van der Waals surface area (Å²) < 4.78 is 31.8. The van der Waals surface area contributed by atoms with E-state index in [9.17, 15) is 23.3 Å². The maximum atomic E-state index is 12.7. The minimum absolute atomic E-state index is 0.0188. The average Bonchev–Trinajstić information content (AvgIpc) is 2.62. The first-order valence-corrected chi connectivity index (χ1v) is 8.81. The highest BCUT2D eigenvalue weighted by molar-refractivity contribution is 7.89. The number of sulfonamides is 1. The summed E-state index contributed by atoms with van der Waals surface area (Å²) in [5, 5.41) is 10.7. The van der Waals surface area contributed by atoms with E-state index in [4.69, 9.17) is 4.74 Å². The van der Waals surface area contributed by atoms with E-state index in [1.807, 2.05) is 0 Å². The lowest BCUT2D eigenvalue weighted by molar-refractivity contribution is -0.384. The molecule has 8 nitrogen and oxygen atoms in total. The molecule has 1 saturated heterocycles. The normalized spacial score (nSPS) is 18.6. The average molecular weight is 362 g/mol. The number of carbonyl (C=O) groups is 1. The molecule has 0 spiro atoms.